The SMILES string of the molecule is CN=C(NCc1ncc(C)c(OC)c1C)N1CCN(c2ncccn2)CC1.I. The normalized spacial score (nSPS) is 14.5. The van der Waals surface area contributed by atoms with Crippen LogP contribution in [0.3, 0.4) is 0 Å². The molecule has 1 fully saturated rings. The maximum absolute atomic E-state index is 5.49. The lowest BCUT2D eigenvalue weighted by molar-refractivity contribution is 0.369. The van der Waals surface area contributed by atoms with Gasteiger partial charge in [-0.15, -0.1) is 24.0 Å². The van der Waals surface area contributed by atoms with Crippen LogP contribution in [0.2, 0.25) is 0 Å². The van der Waals surface area contributed by atoms with E-state index in [9.17, 15) is 0 Å². The van der Waals surface area contributed by atoms with Crippen molar-refractivity contribution in [2.45, 2.75) is 20.4 Å². The first-order valence-electron chi connectivity index (χ1n) is 9.10. The van der Waals surface area contributed by atoms with Crippen LogP contribution in [0.1, 0.15) is 16.8 Å². The van der Waals surface area contributed by atoms with Crippen molar-refractivity contribution < 1.29 is 4.74 Å². The molecule has 9 heteroatoms. The molecule has 2 aromatic rings. The van der Waals surface area contributed by atoms with Gasteiger partial charge in [-0.3, -0.25) is 9.98 Å². The van der Waals surface area contributed by atoms with E-state index < -0.39 is 0 Å². The molecule has 0 amide bonds. The number of hydrogen-bond donors (Lipinski definition) is 1. The summed E-state index contributed by atoms with van der Waals surface area (Å²) < 4.78 is 5.49. The maximum Gasteiger partial charge on any atom is 0.225 e. The van der Waals surface area contributed by atoms with Gasteiger partial charge in [0, 0.05) is 62.9 Å². The Labute approximate surface area is 183 Å². The molecule has 0 aliphatic carbocycles. The fraction of sp³-hybridized carbons (Fsp3) is 0.474. The van der Waals surface area contributed by atoms with Gasteiger partial charge in [-0.05, 0) is 19.9 Å². The summed E-state index contributed by atoms with van der Waals surface area (Å²) >= 11 is 0. The van der Waals surface area contributed by atoms with Crippen molar-refractivity contribution in [2.24, 2.45) is 4.99 Å². The number of methoxy groups -OCH3 is 1. The average molecular weight is 497 g/mol. The van der Waals surface area contributed by atoms with Crippen molar-refractivity contribution in [3.05, 3.63) is 41.5 Å². The number of guanidine groups is 1. The minimum Gasteiger partial charge on any atom is -0.496 e. The summed E-state index contributed by atoms with van der Waals surface area (Å²) in [5.41, 5.74) is 3.07. The average Bonchev–Trinajstić information content (AvgIpc) is 2.71. The molecule has 0 bridgehead atoms. The van der Waals surface area contributed by atoms with E-state index in [1.807, 2.05) is 33.2 Å². The third kappa shape index (κ3) is 5.00. The zero-order valence-corrected chi connectivity index (χ0v) is 19.2. The Morgan fingerprint density at radius 3 is 2.43 bits per heavy atom. The molecular weight excluding hydrogens is 469 g/mol. The van der Waals surface area contributed by atoms with E-state index in [2.05, 4.69) is 35.1 Å². The molecular formula is C19H28IN7O. The van der Waals surface area contributed by atoms with Crippen LogP contribution in [-0.2, 0) is 6.54 Å². The Morgan fingerprint density at radius 2 is 1.82 bits per heavy atom. The number of hydrogen-bond acceptors (Lipinski definition) is 6. The van der Waals surface area contributed by atoms with E-state index in [0.29, 0.717) is 6.54 Å². The van der Waals surface area contributed by atoms with Gasteiger partial charge >= 0.3 is 0 Å². The molecule has 8 nitrogen and oxygen atoms in total. The van der Waals surface area contributed by atoms with Gasteiger partial charge in [-0.25, -0.2) is 9.97 Å². The van der Waals surface area contributed by atoms with Crippen LogP contribution in [0, 0.1) is 13.8 Å². The Kier molecular flexibility index (Phi) is 8.21. The fourth-order valence-corrected chi connectivity index (χ4v) is 3.32. The molecule has 28 heavy (non-hydrogen) atoms. The molecule has 3 rings (SSSR count). The molecule has 0 spiro atoms. The second-order valence-electron chi connectivity index (χ2n) is 6.47. The molecule has 1 saturated heterocycles. The second-order valence-corrected chi connectivity index (χ2v) is 6.47. The Hall–Kier alpha value is -2.17. The van der Waals surface area contributed by atoms with Crippen LogP contribution in [0.25, 0.3) is 0 Å². The highest BCUT2D eigenvalue weighted by molar-refractivity contribution is 14.0. The van der Waals surface area contributed by atoms with Crippen molar-refractivity contribution >= 4 is 35.9 Å². The summed E-state index contributed by atoms with van der Waals surface area (Å²) in [5.74, 6) is 2.56. The first-order valence-corrected chi connectivity index (χ1v) is 9.10. The molecule has 152 valence electrons. The number of halogens is 1. The lowest BCUT2D eigenvalue weighted by Crippen LogP contribution is -2.52. The third-order valence-corrected chi connectivity index (χ3v) is 4.79. The van der Waals surface area contributed by atoms with Crippen LogP contribution in [0.5, 0.6) is 5.75 Å². The van der Waals surface area contributed by atoms with Gasteiger partial charge in [0.05, 0.1) is 19.3 Å². The Balaban J connectivity index is 0.00000280. The summed E-state index contributed by atoms with van der Waals surface area (Å²) in [6.07, 6.45) is 5.41. The lowest BCUT2D eigenvalue weighted by atomic mass is 10.1. The third-order valence-electron chi connectivity index (χ3n) is 4.79. The van der Waals surface area contributed by atoms with Crippen LogP contribution in [0.4, 0.5) is 5.95 Å². The largest absolute Gasteiger partial charge is 0.496 e. The first-order chi connectivity index (χ1) is 13.1. The Morgan fingerprint density at radius 1 is 1.14 bits per heavy atom. The number of nitrogens with one attached hydrogen (secondary N) is 1. The zero-order chi connectivity index (χ0) is 19.2. The number of anilines is 1. The highest BCUT2D eigenvalue weighted by Gasteiger charge is 2.21. The summed E-state index contributed by atoms with van der Waals surface area (Å²) in [4.78, 5) is 22.1. The zero-order valence-electron chi connectivity index (χ0n) is 16.8. The van der Waals surface area contributed by atoms with E-state index in [4.69, 9.17) is 4.74 Å². The molecule has 0 aromatic carbocycles. The highest BCUT2D eigenvalue weighted by Crippen LogP contribution is 2.23. The number of aromatic nitrogens is 3. The van der Waals surface area contributed by atoms with Crippen molar-refractivity contribution in [1.29, 1.82) is 0 Å². The van der Waals surface area contributed by atoms with E-state index in [-0.39, 0.29) is 24.0 Å². The minimum atomic E-state index is 0. The van der Waals surface area contributed by atoms with E-state index >= 15 is 0 Å². The monoisotopic (exact) mass is 497 g/mol. The standard InChI is InChI=1S/C19H27N7O.HI/c1-14-12-23-16(15(2)17(14)27-4)13-24-18(20-3)25-8-10-26(11-9-25)19-21-6-5-7-22-19;/h5-7,12H,8-11,13H2,1-4H3,(H,20,24);1H. The van der Waals surface area contributed by atoms with E-state index in [1.54, 1.807) is 19.5 Å². The smallest absolute Gasteiger partial charge is 0.225 e. The number of pyridine rings is 1. The van der Waals surface area contributed by atoms with Gasteiger partial charge in [-0.1, -0.05) is 0 Å². The number of aliphatic imine (C=N–C) groups is 1. The van der Waals surface area contributed by atoms with Gasteiger partial charge < -0.3 is 19.9 Å². The highest BCUT2D eigenvalue weighted by atomic mass is 127. The number of piperazine rings is 1. The van der Waals surface area contributed by atoms with Gasteiger partial charge in [-0.2, -0.15) is 0 Å². The van der Waals surface area contributed by atoms with Gasteiger partial charge in [0.15, 0.2) is 5.96 Å². The topological polar surface area (TPSA) is 78.8 Å². The summed E-state index contributed by atoms with van der Waals surface area (Å²) in [7, 11) is 3.51. The molecule has 0 radical (unpaired) electrons. The predicted molar refractivity (Wildman–Crippen MR) is 122 cm³/mol. The van der Waals surface area contributed by atoms with Gasteiger partial charge in [0.2, 0.25) is 5.95 Å². The predicted octanol–water partition coefficient (Wildman–Crippen LogP) is 2.01. The lowest BCUT2D eigenvalue weighted by Gasteiger charge is -2.36. The molecule has 2 aromatic heterocycles. The second kappa shape index (κ2) is 10.4. The molecule has 1 aliphatic rings. The molecule has 0 saturated carbocycles. The summed E-state index contributed by atoms with van der Waals surface area (Å²) in [6.45, 7) is 8.10. The molecule has 0 atom stereocenters. The van der Waals surface area contributed by atoms with Crippen molar-refractivity contribution in [3.8, 4) is 5.75 Å². The van der Waals surface area contributed by atoms with Crippen molar-refractivity contribution in [1.82, 2.24) is 25.2 Å². The Bertz CT molecular complexity index is 792. The van der Waals surface area contributed by atoms with Gasteiger partial charge in [0.1, 0.15) is 5.75 Å². The van der Waals surface area contributed by atoms with E-state index in [1.165, 1.54) is 0 Å². The van der Waals surface area contributed by atoms with Crippen LogP contribution >= 0.6 is 24.0 Å². The fourth-order valence-electron chi connectivity index (χ4n) is 3.32. The van der Waals surface area contributed by atoms with Gasteiger partial charge in [0.25, 0.3) is 0 Å². The first kappa shape index (κ1) is 22.1. The van der Waals surface area contributed by atoms with Crippen molar-refractivity contribution in [3.63, 3.8) is 0 Å². The number of aryl methyl sites for hydroxylation is 1. The van der Waals surface area contributed by atoms with Crippen LogP contribution in [-0.4, -0.2) is 66.1 Å². The molecule has 1 aliphatic heterocycles. The quantitative estimate of drug-likeness (QED) is 0.394. The summed E-state index contributed by atoms with van der Waals surface area (Å²) in [6, 6.07) is 1.83. The minimum absolute atomic E-state index is 0. The number of nitrogens with zero attached hydrogens (tertiary/aromatic N) is 6. The molecule has 0 unspecified atom stereocenters. The summed E-state index contributed by atoms with van der Waals surface area (Å²) in [5, 5.41) is 3.43. The van der Waals surface area contributed by atoms with Crippen LogP contribution in [0.15, 0.2) is 29.6 Å². The van der Waals surface area contributed by atoms with Crippen LogP contribution < -0.4 is 15.0 Å². The van der Waals surface area contributed by atoms with E-state index in [0.717, 1.165) is 60.7 Å². The maximum atomic E-state index is 5.49. The molecule has 1 N–H and O–H groups in total. The van der Waals surface area contributed by atoms with Crippen molar-refractivity contribution in [2.75, 3.05) is 45.2 Å². The number of rotatable bonds is 4. The number of ether oxygens (including phenoxy) is 1. The molecule has 3 heterocycles.